The van der Waals surface area contributed by atoms with Crippen molar-refractivity contribution in [1.29, 1.82) is 0 Å². The summed E-state index contributed by atoms with van der Waals surface area (Å²) in [5.74, 6) is -0.891. The van der Waals surface area contributed by atoms with Crippen LogP contribution in [0.1, 0.15) is 45.4 Å². The summed E-state index contributed by atoms with van der Waals surface area (Å²) in [7, 11) is 0. The number of carboxylic acid groups (broad SMARTS) is 1. The van der Waals surface area contributed by atoms with E-state index in [1.807, 2.05) is 6.08 Å². The fourth-order valence-electron chi connectivity index (χ4n) is 1.18. The first-order valence-electron chi connectivity index (χ1n) is 5.33. The lowest BCUT2D eigenvalue weighted by molar-refractivity contribution is -0.131. The maximum absolute atomic E-state index is 10.1. The standard InChI is InChI=1S/C12H20O2/c1-2-3-4-5-6-7-8-9-10-11-12(13)14/h8-11H,2-7H2,1H3,(H,13,14). The van der Waals surface area contributed by atoms with E-state index in [4.69, 9.17) is 5.11 Å². The van der Waals surface area contributed by atoms with Crippen molar-refractivity contribution < 1.29 is 9.90 Å². The molecule has 0 spiro atoms. The van der Waals surface area contributed by atoms with Gasteiger partial charge >= 0.3 is 5.97 Å². The molecule has 0 aliphatic carbocycles. The highest BCUT2D eigenvalue weighted by Crippen LogP contribution is 2.05. The van der Waals surface area contributed by atoms with Crippen molar-refractivity contribution in [3.63, 3.8) is 0 Å². The van der Waals surface area contributed by atoms with Crippen LogP contribution in [0.15, 0.2) is 24.3 Å². The van der Waals surface area contributed by atoms with Crippen molar-refractivity contribution >= 4 is 5.97 Å². The number of allylic oxidation sites excluding steroid dienone is 3. The Kier molecular flexibility index (Phi) is 9.28. The van der Waals surface area contributed by atoms with Gasteiger partial charge in [-0.15, -0.1) is 0 Å². The molecule has 0 aliphatic rings. The molecule has 0 fully saturated rings. The third-order valence-electron chi connectivity index (χ3n) is 1.96. The van der Waals surface area contributed by atoms with Gasteiger partial charge < -0.3 is 5.11 Å². The third-order valence-corrected chi connectivity index (χ3v) is 1.96. The second-order valence-corrected chi connectivity index (χ2v) is 3.33. The average Bonchev–Trinajstić information content (AvgIpc) is 2.15. The number of unbranched alkanes of at least 4 members (excludes halogenated alkanes) is 5. The quantitative estimate of drug-likeness (QED) is 0.366. The Morgan fingerprint density at radius 1 is 1.14 bits per heavy atom. The lowest BCUT2D eigenvalue weighted by Gasteiger charge is -1.95. The van der Waals surface area contributed by atoms with E-state index in [0.717, 1.165) is 12.5 Å². The highest BCUT2D eigenvalue weighted by Gasteiger charge is 1.86. The monoisotopic (exact) mass is 196 g/mol. The molecule has 0 atom stereocenters. The molecule has 80 valence electrons. The normalized spacial score (nSPS) is 11.5. The predicted octanol–water partition coefficient (Wildman–Crippen LogP) is 3.54. The van der Waals surface area contributed by atoms with E-state index >= 15 is 0 Å². The van der Waals surface area contributed by atoms with Gasteiger partial charge in [-0.2, -0.15) is 0 Å². The van der Waals surface area contributed by atoms with E-state index < -0.39 is 5.97 Å². The van der Waals surface area contributed by atoms with E-state index in [1.165, 1.54) is 32.1 Å². The lowest BCUT2D eigenvalue weighted by Crippen LogP contribution is -1.84. The van der Waals surface area contributed by atoms with Gasteiger partial charge in [0.05, 0.1) is 0 Å². The first-order valence-corrected chi connectivity index (χ1v) is 5.33. The van der Waals surface area contributed by atoms with Crippen molar-refractivity contribution in [1.82, 2.24) is 0 Å². The molecule has 2 heteroatoms. The minimum atomic E-state index is -0.891. The molecular formula is C12H20O2. The van der Waals surface area contributed by atoms with Crippen LogP contribution < -0.4 is 0 Å². The molecule has 0 bridgehead atoms. The largest absolute Gasteiger partial charge is 0.478 e. The third kappa shape index (κ3) is 11.0. The van der Waals surface area contributed by atoms with Gasteiger partial charge in [-0.3, -0.25) is 0 Å². The SMILES string of the molecule is CCCCCCCC=CC=CC(=O)O. The number of rotatable bonds is 8. The molecule has 0 saturated heterocycles. The van der Waals surface area contributed by atoms with Crippen LogP contribution in [0.5, 0.6) is 0 Å². The summed E-state index contributed by atoms with van der Waals surface area (Å²) < 4.78 is 0. The summed E-state index contributed by atoms with van der Waals surface area (Å²) in [6.45, 7) is 2.20. The van der Waals surface area contributed by atoms with Crippen molar-refractivity contribution in [2.24, 2.45) is 0 Å². The van der Waals surface area contributed by atoms with Gasteiger partial charge in [0.25, 0.3) is 0 Å². The molecule has 0 aliphatic heterocycles. The molecule has 14 heavy (non-hydrogen) atoms. The van der Waals surface area contributed by atoms with Crippen LogP contribution in [0.3, 0.4) is 0 Å². The van der Waals surface area contributed by atoms with Crippen LogP contribution in [0.2, 0.25) is 0 Å². The predicted molar refractivity (Wildman–Crippen MR) is 59.3 cm³/mol. The first-order chi connectivity index (χ1) is 6.77. The molecule has 0 unspecified atom stereocenters. The van der Waals surface area contributed by atoms with Crippen molar-refractivity contribution in [3.05, 3.63) is 24.3 Å². The Morgan fingerprint density at radius 3 is 2.50 bits per heavy atom. The van der Waals surface area contributed by atoms with Gasteiger partial charge in [-0.1, -0.05) is 50.8 Å². The van der Waals surface area contributed by atoms with E-state index in [1.54, 1.807) is 12.2 Å². The van der Waals surface area contributed by atoms with E-state index in [0.29, 0.717) is 0 Å². The van der Waals surface area contributed by atoms with Gasteiger partial charge in [0, 0.05) is 6.08 Å². The molecule has 0 aromatic heterocycles. The lowest BCUT2D eigenvalue weighted by atomic mass is 10.1. The molecular weight excluding hydrogens is 176 g/mol. The smallest absolute Gasteiger partial charge is 0.328 e. The molecule has 0 aromatic carbocycles. The minimum Gasteiger partial charge on any atom is -0.478 e. The molecule has 0 heterocycles. The van der Waals surface area contributed by atoms with Gasteiger partial charge in [0.2, 0.25) is 0 Å². The summed E-state index contributed by atoms with van der Waals surface area (Å²) in [5, 5.41) is 8.29. The van der Waals surface area contributed by atoms with Gasteiger partial charge in [0.15, 0.2) is 0 Å². The van der Waals surface area contributed by atoms with Crippen LogP contribution in [0.25, 0.3) is 0 Å². The van der Waals surface area contributed by atoms with Crippen LogP contribution >= 0.6 is 0 Å². The Balaban J connectivity index is 3.23. The van der Waals surface area contributed by atoms with Crippen LogP contribution in [0, 0.1) is 0 Å². The van der Waals surface area contributed by atoms with Crippen molar-refractivity contribution in [2.45, 2.75) is 45.4 Å². The zero-order chi connectivity index (χ0) is 10.6. The second kappa shape index (κ2) is 10.0. The summed E-state index contributed by atoms with van der Waals surface area (Å²) in [6, 6.07) is 0. The highest BCUT2D eigenvalue weighted by atomic mass is 16.4. The number of hydrogen-bond donors (Lipinski definition) is 1. The van der Waals surface area contributed by atoms with Gasteiger partial charge in [-0.25, -0.2) is 4.79 Å². The fourth-order valence-corrected chi connectivity index (χ4v) is 1.18. The minimum absolute atomic E-state index is 0.891. The Labute approximate surface area is 86.3 Å². The maximum Gasteiger partial charge on any atom is 0.328 e. The summed E-state index contributed by atoms with van der Waals surface area (Å²) in [5.41, 5.74) is 0. The molecule has 0 radical (unpaired) electrons. The van der Waals surface area contributed by atoms with Crippen LogP contribution in [-0.4, -0.2) is 11.1 Å². The molecule has 1 N–H and O–H groups in total. The topological polar surface area (TPSA) is 37.3 Å². The van der Waals surface area contributed by atoms with E-state index in [-0.39, 0.29) is 0 Å². The maximum atomic E-state index is 10.1. The second-order valence-electron chi connectivity index (χ2n) is 3.33. The van der Waals surface area contributed by atoms with Crippen molar-refractivity contribution in [3.8, 4) is 0 Å². The van der Waals surface area contributed by atoms with Crippen molar-refractivity contribution in [2.75, 3.05) is 0 Å². The zero-order valence-corrected chi connectivity index (χ0v) is 8.91. The summed E-state index contributed by atoms with van der Waals surface area (Å²) in [6.07, 6.45) is 14.0. The average molecular weight is 196 g/mol. The Morgan fingerprint density at radius 2 is 1.86 bits per heavy atom. The fraction of sp³-hybridized carbons (Fsp3) is 0.583. The van der Waals surface area contributed by atoms with E-state index in [9.17, 15) is 4.79 Å². The number of carbonyl (C=O) groups is 1. The molecule has 0 aromatic rings. The Bertz CT molecular complexity index is 192. The number of hydrogen-bond acceptors (Lipinski definition) is 1. The molecule has 0 saturated carbocycles. The molecule has 0 amide bonds. The van der Waals surface area contributed by atoms with Crippen LogP contribution in [0.4, 0.5) is 0 Å². The first kappa shape index (κ1) is 12.9. The van der Waals surface area contributed by atoms with Crippen LogP contribution in [-0.2, 0) is 4.79 Å². The zero-order valence-electron chi connectivity index (χ0n) is 8.91. The highest BCUT2D eigenvalue weighted by molar-refractivity contribution is 5.80. The Hall–Kier alpha value is -1.05. The number of aliphatic carboxylic acids is 1. The van der Waals surface area contributed by atoms with Gasteiger partial charge in [-0.05, 0) is 12.8 Å². The molecule has 0 rings (SSSR count). The van der Waals surface area contributed by atoms with Gasteiger partial charge in [0.1, 0.15) is 0 Å². The number of carboxylic acids is 1. The summed E-state index contributed by atoms with van der Waals surface area (Å²) >= 11 is 0. The molecule has 2 nitrogen and oxygen atoms in total. The van der Waals surface area contributed by atoms with E-state index in [2.05, 4.69) is 6.92 Å². The summed E-state index contributed by atoms with van der Waals surface area (Å²) in [4.78, 5) is 10.1.